The fraction of sp³-hybridized carbons (Fsp3) is 0.333. The Morgan fingerprint density at radius 3 is 2.58 bits per heavy atom. The standard InChI is InChI=1S/C15H16ClN3/c1-9-7-13-12-8-10(16)5-6-11(12)14(19(13)18-9)17-15(2,3)4/h5-8H,1-4H3. The van der Waals surface area contributed by atoms with Crippen molar-refractivity contribution < 1.29 is 0 Å². The number of aryl methyl sites for hydroxylation is 1. The van der Waals surface area contributed by atoms with Gasteiger partial charge in [0.1, 0.15) is 0 Å². The average Bonchev–Trinajstić information content (AvgIpc) is 2.76. The van der Waals surface area contributed by atoms with Gasteiger partial charge in [-0.05, 0) is 52.0 Å². The maximum absolute atomic E-state index is 6.11. The van der Waals surface area contributed by atoms with Crippen molar-refractivity contribution in [3.8, 4) is 11.3 Å². The lowest BCUT2D eigenvalue weighted by molar-refractivity contribution is 0.580. The van der Waals surface area contributed by atoms with E-state index < -0.39 is 0 Å². The van der Waals surface area contributed by atoms with E-state index in [1.807, 2.05) is 29.8 Å². The van der Waals surface area contributed by atoms with Gasteiger partial charge < -0.3 is 0 Å². The second-order valence-electron chi connectivity index (χ2n) is 5.88. The van der Waals surface area contributed by atoms with Crippen molar-refractivity contribution in [2.24, 2.45) is 4.99 Å². The van der Waals surface area contributed by atoms with E-state index in [9.17, 15) is 0 Å². The van der Waals surface area contributed by atoms with Crippen molar-refractivity contribution in [1.82, 2.24) is 9.78 Å². The number of benzene rings is 1. The molecule has 0 unspecified atom stereocenters. The van der Waals surface area contributed by atoms with Crippen LogP contribution in [0, 0.1) is 6.92 Å². The van der Waals surface area contributed by atoms with Gasteiger partial charge in [-0.3, -0.25) is 4.99 Å². The topological polar surface area (TPSA) is 30.2 Å². The smallest absolute Gasteiger partial charge is 0.157 e. The Kier molecular flexibility index (Phi) is 2.58. The minimum absolute atomic E-state index is 0.145. The predicted molar refractivity (Wildman–Crippen MR) is 79.1 cm³/mol. The molecule has 0 fully saturated rings. The maximum Gasteiger partial charge on any atom is 0.157 e. The second-order valence-corrected chi connectivity index (χ2v) is 6.32. The summed E-state index contributed by atoms with van der Waals surface area (Å²) in [4.78, 5) is 4.81. The zero-order valence-electron chi connectivity index (χ0n) is 11.5. The summed E-state index contributed by atoms with van der Waals surface area (Å²) in [5, 5.41) is 5.28. The largest absolute Gasteiger partial charge is 0.260 e. The van der Waals surface area contributed by atoms with E-state index in [0.717, 1.165) is 33.4 Å². The summed E-state index contributed by atoms with van der Waals surface area (Å²) >= 11 is 6.11. The molecule has 2 heterocycles. The molecular weight excluding hydrogens is 258 g/mol. The lowest BCUT2D eigenvalue weighted by Crippen LogP contribution is -2.19. The van der Waals surface area contributed by atoms with Gasteiger partial charge in [0, 0.05) is 16.1 Å². The van der Waals surface area contributed by atoms with Crippen molar-refractivity contribution in [3.63, 3.8) is 0 Å². The van der Waals surface area contributed by atoms with E-state index in [0.29, 0.717) is 0 Å². The van der Waals surface area contributed by atoms with E-state index in [-0.39, 0.29) is 5.54 Å². The zero-order chi connectivity index (χ0) is 13.8. The summed E-state index contributed by atoms with van der Waals surface area (Å²) < 4.78 is 1.92. The van der Waals surface area contributed by atoms with E-state index in [1.54, 1.807) is 0 Å². The molecule has 0 atom stereocenters. The number of rotatable bonds is 0. The molecule has 0 saturated carbocycles. The van der Waals surface area contributed by atoms with Crippen molar-refractivity contribution in [3.05, 3.63) is 40.5 Å². The first-order chi connectivity index (χ1) is 8.85. The number of halogens is 1. The molecule has 1 aliphatic heterocycles. The Bertz CT molecular complexity index is 690. The highest BCUT2D eigenvalue weighted by Gasteiger charge is 2.27. The summed E-state index contributed by atoms with van der Waals surface area (Å²) in [5.74, 6) is 0.905. The van der Waals surface area contributed by atoms with Crippen molar-refractivity contribution in [1.29, 1.82) is 0 Å². The van der Waals surface area contributed by atoms with Gasteiger partial charge in [0.2, 0.25) is 0 Å². The summed E-state index contributed by atoms with van der Waals surface area (Å²) in [7, 11) is 0. The van der Waals surface area contributed by atoms with Crippen LogP contribution in [0.1, 0.15) is 32.0 Å². The van der Waals surface area contributed by atoms with Crippen LogP contribution in [0.25, 0.3) is 11.3 Å². The van der Waals surface area contributed by atoms with Crippen LogP contribution in [0.3, 0.4) is 0 Å². The van der Waals surface area contributed by atoms with E-state index in [4.69, 9.17) is 16.6 Å². The molecule has 0 N–H and O–H groups in total. The summed E-state index contributed by atoms with van der Waals surface area (Å²) in [5.41, 5.74) is 4.12. The highest BCUT2D eigenvalue weighted by molar-refractivity contribution is 6.31. The van der Waals surface area contributed by atoms with E-state index >= 15 is 0 Å². The molecule has 0 aliphatic carbocycles. The SMILES string of the molecule is Cc1cc2n(n1)C(=NC(C)(C)C)c1ccc(Cl)cc1-2. The van der Waals surface area contributed by atoms with Crippen molar-refractivity contribution >= 4 is 17.4 Å². The zero-order valence-corrected chi connectivity index (χ0v) is 12.3. The van der Waals surface area contributed by atoms with Gasteiger partial charge in [0.05, 0.1) is 16.9 Å². The van der Waals surface area contributed by atoms with Crippen molar-refractivity contribution in [2.75, 3.05) is 0 Å². The van der Waals surface area contributed by atoms with E-state index in [2.05, 4.69) is 31.9 Å². The minimum Gasteiger partial charge on any atom is -0.260 e. The number of nitrogens with zero attached hydrogens (tertiary/aromatic N) is 3. The molecule has 1 aromatic carbocycles. The van der Waals surface area contributed by atoms with Crippen LogP contribution >= 0.6 is 11.6 Å². The van der Waals surface area contributed by atoms with Gasteiger partial charge in [-0.1, -0.05) is 11.6 Å². The Morgan fingerprint density at radius 2 is 1.89 bits per heavy atom. The third kappa shape index (κ3) is 2.08. The molecule has 4 heteroatoms. The molecular formula is C15H16ClN3. The monoisotopic (exact) mass is 273 g/mol. The van der Waals surface area contributed by atoms with Gasteiger partial charge >= 0.3 is 0 Å². The fourth-order valence-corrected chi connectivity index (χ4v) is 2.49. The van der Waals surface area contributed by atoms with Crippen LogP contribution in [0.5, 0.6) is 0 Å². The first kappa shape index (κ1) is 12.4. The number of aliphatic imine (C=N–C) groups is 1. The number of hydrogen-bond donors (Lipinski definition) is 0. The van der Waals surface area contributed by atoms with Crippen molar-refractivity contribution in [2.45, 2.75) is 33.2 Å². The molecule has 19 heavy (non-hydrogen) atoms. The summed E-state index contributed by atoms with van der Waals surface area (Å²) in [6.07, 6.45) is 0. The Hall–Kier alpha value is -1.61. The Morgan fingerprint density at radius 1 is 1.16 bits per heavy atom. The summed E-state index contributed by atoms with van der Waals surface area (Å²) in [6, 6.07) is 7.97. The lowest BCUT2D eigenvalue weighted by Gasteiger charge is -2.14. The molecule has 3 nitrogen and oxygen atoms in total. The van der Waals surface area contributed by atoms with Gasteiger partial charge in [-0.2, -0.15) is 5.10 Å². The molecule has 0 saturated heterocycles. The quantitative estimate of drug-likeness (QED) is 0.611. The molecule has 2 aromatic rings. The Balaban J connectivity index is 2.31. The van der Waals surface area contributed by atoms with Gasteiger partial charge in [0.15, 0.2) is 5.84 Å². The predicted octanol–water partition coefficient (Wildman–Crippen LogP) is 3.92. The fourth-order valence-electron chi connectivity index (χ4n) is 2.32. The number of aromatic nitrogens is 2. The normalized spacial score (nSPS) is 15.7. The first-order valence-corrected chi connectivity index (χ1v) is 6.70. The number of hydrogen-bond acceptors (Lipinski definition) is 2. The molecule has 0 bridgehead atoms. The summed E-state index contributed by atoms with van der Waals surface area (Å²) in [6.45, 7) is 8.25. The van der Waals surface area contributed by atoms with Gasteiger partial charge in [0.25, 0.3) is 0 Å². The highest BCUT2D eigenvalue weighted by atomic mass is 35.5. The third-order valence-electron chi connectivity index (χ3n) is 2.97. The molecule has 0 spiro atoms. The van der Waals surface area contributed by atoms with Gasteiger partial charge in [-0.15, -0.1) is 0 Å². The molecule has 0 radical (unpaired) electrons. The van der Waals surface area contributed by atoms with Crippen LogP contribution in [0.15, 0.2) is 29.3 Å². The van der Waals surface area contributed by atoms with Crippen LogP contribution in [-0.2, 0) is 0 Å². The minimum atomic E-state index is -0.145. The molecule has 1 aromatic heterocycles. The second kappa shape index (κ2) is 3.94. The first-order valence-electron chi connectivity index (χ1n) is 6.32. The van der Waals surface area contributed by atoms with Crippen LogP contribution in [0.2, 0.25) is 5.02 Å². The maximum atomic E-state index is 6.11. The highest BCUT2D eigenvalue weighted by Crippen LogP contribution is 2.35. The lowest BCUT2D eigenvalue weighted by atomic mass is 10.1. The number of fused-ring (bicyclic) bond motifs is 3. The molecule has 1 aliphatic rings. The van der Waals surface area contributed by atoms with Crippen LogP contribution in [0.4, 0.5) is 0 Å². The molecule has 0 amide bonds. The third-order valence-corrected chi connectivity index (χ3v) is 3.21. The Labute approximate surface area is 117 Å². The van der Waals surface area contributed by atoms with E-state index in [1.165, 1.54) is 0 Å². The van der Waals surface area contributed by atoms with Crippen LogP contribution in [-0.4, -0.2) is 21.2 Å². The average molecular weight is 274 g/mol. The molecule has 98 valence electrons. The van der Waals surface area contributed by atoms with Crippen LogP contribution < -0.4 is 0 Å². The molecule has 3 rings (SSSR count). The van der Waals surface area contributed by atoms with Gasteiger partial charge in [-0.25, -0.2) is 4.68 Å².